The number of ether oxygens (including phenoxy) is 2. The lowest BCUT2D eigenvalue weighted by Gasteiger charge is -2.19. The summed E-state index contributed by atoms with van der Waals surface area (Å²) in [5.74, 6) is 0.414. The molecule has 1 rings (SSSR count). The van der Waals surface area contributed by atoms with Crippen LogP contribution in [-0.4, -0.2) is 11.8 Å². The van der Waals surface area contributed by atoms with Crippen molar-refractivity contribution in [2.24, 2.45) is 0 Å². The molecule has 1 aromatic rings. The largest absolute Gasteiger partial charge is 0.514 e. The first-order valence-corrected chi connectivity index (χ1v) is 5.94. The third-order valence-corrected chi connectivity index (χ3v) is 2.64. The monoisotopic (exact) mass is 298 g/mol. The highest BCUT2D eigenvalue weighted by molar-refractivity contribution is 9.10. The molecule has 0 bridgehead atoms. The van der Waals surface area contributed by atoms with Gasteiger partial charge in [0.25, 0.3) is 0 Å². The van der Waals surface area contributed by atoms with Crippen LogP contribution in [0, 0.1) is 0 Å². The van der Waals surface area contributed by atoms with Gasteiger partial charge in [-0.25, -0.2) is 4.79 Å². The number of carbonyl (C=O) groups excluding carboxylic acids is 1. The summed E-state index contributed by atoms with van der Waals surface area (Å²) in [6.45, 7) is 9.01. The topological polar surface area (TPSA) is 35.5 Å². The Kier molecular flexibility index (Phi) is 4.34. The van der Waals surface area contributed by atoms with Crippen LogP contribution < -0.4 is 4.74 Å². The van der Waals surface area contributed by atoms with Crippen LogP contribution >= 0.6 is 15.9 Å². The van der Waals surface area contributed by atoms with Crippen LogP contribution in [0.5, 0.6) is 5.75 Å². The van der Waals surface area contributed by atoms with Crippen molar-refractivity contribution in [3.8, 4) is 5.75 Å². The maximum atomic E-state index is 11.5. The van der Waals surface area contributed by atoms with Gasteiger partial charge in [0, 0.05) is 0 Å². The predicted octanol–water partition coefficient (Wildman–Crippen LogP) is 4.41. The average Bonchev–Trinajstić information content (AvgIpc) is 2.18. The SMILES string of the molecule is C=Cc1cccc(OC(=O)OC(C)(C)C)c1Br. The molecular formula is C13H15BrO3. The smallest absolute Gasteiger partial charge is 0.428 e. The highest BCUT2D eigenvalue weighted by Gasteiger charge is 2.19. The van der Waals surface area contributed by atoms with Crippen molar-refractivity contribution in [1.82, 2.24) is 0 Å². The summed E-state index contributed by atoms with van der Waals surface area (Å²) < 4.78 is 10.9. The van der Waals surface area contributed by atoms with Crippen LogP contribution in [0.1, 0.15) is 26.3 Å². The van der Waals surface area contributed by atoms with E-state index < -0.39 is 11.8 Å². The molecule has 0 saturated heterocycles. The van der Waals surface area contributed by atoms with Gasteiger partial charge in [-0.15, -0.1) is 0 Å². The summed E-state index contributed by atoms with van der Waals surface area (Å²) >= 11 is 3.35. The van der Waals surface area contributed by atoms with Gasteiger partial charge in [0.2, 0.25) is 0 Å². The standard InChI is InChI=1S/C13H15BrO3/c1-5-9-7-6-8-10(11(9)14)16-12(15)17-13(2,3)4/h5-8H,1H2,2-4H3. The average molecular weight is 299 g/mol. The fourth-order valence-electron chi connectivity index (χ4n) is 1.12. The van der Waals surface area contributed by atoms with Crippen LogP contribution in [0.3, 0.4) is 0 Å². The highest BCUT2D eigenvalue weighted by Crippen LogP contribution is 2.29. The summed E-state index contributed by atoms with van der Waals surface area (Å²) in [7, 11) is 0. The van der Waals surface area contributed by atoms with Crippen LogP contribution in [0.15, 0.2) is 29.3 Å². The highest BCUT2D eigenvalue weighted by atomic mass is 79.9. The zero-order valence-electron chi connectivity index (χ0n) is 10.1. The second kappa shape index (κ2) is 5.36. The van der Waals surface area contributed by atoms with Gasteiger partial charge >= 0.3 is 6.16 Å². The Bertz CT molecular complexity index is 433. The lowest BCUT2D eigenvalue weighted by molar-refractivity contribution is 0.0205. The number of carbonyl (C=O) groups is 1. The van der Waals surface area contributed by atoms with E-state index in [0.717, 1.165) is 5.56 Å². The molecule has 0 amide bonds. The Labute approximate surface area is 110 Å². The molecule has 0 saturated carbocycles. The molecule has 92 valence electrons. The minimum atomic E-state index is -0.723. The minimum Gasteiger partial charge on any atom is -0.428 e. The summed E-state index contributed by atoms with van der Waals surface area (Å²) in [6.07, 6.45) is 0.950. The Morgan fingerprint density at radius 3 is 2.59 bits per heavy atom. The first-order valence-electron chi connectivity index (χ1n) is 5.15. The summed E-state index contributed by atoms with van der Waals surface area (Å²) in [5, 5.41) is 0. The molecular weight excluding hydrogens is 284 g/mol. The van der Waals surface area contributed by atoms with Crippen molar-refractivity contribution in [3.05, 3.63) is 34.8 Å². The minimum absolute atomic E-state index is 0.414. The molecule has 0 aliphatic carbocycles. The van der Waals surface area contributed by atoms with Crippen molar-refractivity contribution in [2.45, 2.75) is 26.4 Å². The molecule has 4 heteroatoms. The molecule has 1 aromatic carbocycles. The quantitative estimate of drug-likeness (QED) is 0.599. The van der Waals surface area contributed by atoms with Crippen LogP contribution in [-0.2, 0) is 4.74 Å². The first kappa shape index (κ1) is 13.8. The van der Waals surface area contributed by atoms with Crippen molar-refractivity contribution >= 4 is 28.2 Å². The fraction of sp³-hybridized carbons (Fsp3) is 0.308. The summed E-state index contributed by atoms with van der Waals surface area (Å²) in [5.41, 5.74) is 0.283. The normalized spacial score (nSPS) is 10.8. The van der Waals surface area contributed by atoms with Gasteiger partial charge in [0.15, 0.2) is 0 Å². The van der Waals surface area contributed by atoms with Crippen molar-refractivity contribution in [2.75, 3.05) is 0 Å². The van der Waals surface area contributed by atoms with Gasteiger partial charge < -0.3 is 9.47 Å². The summed E-state index contributed by atoms with van der Waals surface area (Å²) in [4.78, 5) is 11.5. The third kappa shape index (κ3) is 4.23. The number of benzene rings is 1. The molecule has 0 spiro atoms. The Morgan fingerprint density at radius 2 is 2.06 bits per heavy atom. The zero-order valence-corrected chi connectivity index (χ0v) is 11.7. The van der Waals surface area contributed by atoms with Gasteiger partial charge in [-0.3, -0.25) is 0 Å². The van der Waals surface area contributed by atoms with E-state index in [1.54, 1.807) is 39.0 Å². The summed E-state index contributed by atoms with van der Waals surface area (Å²) in [6, 6.07) is 5.32. The molecule has 3 nitrogen and oxygen atoms in total. The van der Waals surface area contributed by atoms with Crippen LogP contribution in [0.4, 0.5) is 4.79 Å². The van der Waals surface area contributed by atoms with E-state index in [4.69, 9.17) is 9.47 Å². The third-order valence-electron chi connectivity index (χ3n) is 1.80. The van der Waals surface area contributed by atoms with E-state index in [9.17, 15) is 4.79 Å². The van der Waals surface area contributed by atoms with Gasteiger partial charge in [-0.1, -0.05) is 24.8 Å². The molecule has 0 aliphatic heterocycles. The van der Waals surface area contributed by atoms with Gasteiger partial charge in [0.05, 0.1) is 4.47 Å². The first-order chi connectivity index (χ1) is 7.83. The van der Waals surface area contributed by atoms with E-state index in [0.29, 0.717) is 10.2 Å². The second-order valence-electron chi connectivity index (χ2n) is 4.43. The molecule has 0 radical (unpaired) electrons. The molecule has 0 aromatic heterocycles. The second-order valence-corrected chi connectivity index (χ2v) is 5.22. The molecule has 17 heavy (non-hydrogen) atoms. The molecule has 0 fully saturated rings. The molecule has 0 N–H and O–H groups in total. The Hall–Kier alpha value is -1.29. The van der Waals surface area contributed by atoms with Gasteiger partial charge in [-0.05, 0) is 48.3 Å². The van der Waals surface area contributed by atoms with E-state index in [1.807, 2.05) is 6.07 Å². The van der Waals surface area contributed by atoms with Crippen LogP contribution in [0.25, 0.3) is 6.08 Å². The lowest BCUT2D eigenvalue weighted by Crippen LogP contribution is -2.26. The number of halogens is 1. The van der Waals surface area contributed by atoms with Crippen molar-refractivity contribution < 1.29 is 14.3 Å². The lowest BCUT2D eigenvalue weighted by atomic mass is 10.2. The maximum absolute atomic E-state index is 11.5. The van der Waals surface area contributed by atoms with Crippen molar-refractivity contribution in [1.29, 1.82) is 0 Å². The Morgan fingerprint density at radius 1 is 1.41 bits per heavy atom. The van der Waals surface area contributed by atoms with Gasteiger partial charge in [-0.2, -0.15) is 0 Å². The molecule has 0 atom stereocenters. The van der Waals surface area contributed by atoms with E-state index in [2.05, 4.69) is 22.5 Å². The molecule has 0 heterocycles. The van der Waals surface area contributed by atoms with E-state index >= 15 is 0 Å². The predicted molar refractivity (Wildman–Crippen MR) is 71.1 cm³/mol. The number of rotatable bonds is 2. The van der Waals surface area contributed by atoms with Gasteiger partial charge in [0.1, 0.15) is 11.4 Å². The maximum Gasteiger partial charge on any atom is 0.514 e. The number of hydrogen-bond donors (Lipinski definition) is 0. The Balaban J connectivity index is 2.82. The van der Waals surface area contributed by atoms with E-state index in [-0.39, 0.29) is 0 Å². The number of hydrogen-bond acceptors (Lipinski definition) is 3. The van der Waals surface area contributed by atoms with E-state index in [1.165, 1.54) is 0 Å². The van der Waals surface area contributed by atoms with Crippen LogP contribution in [0.2, 0.25) is 0 Å². The molecule has 0 aliphatic rings. The zero-order chi connectivity index (χ0) is 13.1. The fourth-order valence-corrected chi connectivity index (χ4v) is 1.63. The van der Waals surface area contributed by atoms with Crippen molar-refractivity contribution in [3.63, 3.8) is 0 Å². The molecule has 0 unspecified atom stereocenters.